The molecular formula is C29H23Cl2FN2O5. The lowest BCUT2D eigenvalue weighted by Crippen LogP contribution is -2.03. The van der Waals surface area contributed by atoms with Crippen LogP contribution >= 0.6 is 23.2 Å². The van der Waals surface area contributed by atoms with Crippen molar-refractivity contribution in [1.29, 1.82) is 0 Å². The topological polar surface area (TPSA) is 94.2 Å². The van der Waals surface area contributed by atoms with Crippen LogP contribution in [-0.2, 0) is 18.1 Å². The molecule has 7 nitrogen and oxygen atoms in total. The molecule has 5 rings (SSSR count). The smallest absolute Gasteiger partial charge is 0.335 e. The number of carbonyl (C=O) groups is 1. The number of carboxylic acid groups (broad SMARTS) is 1. The normalized spacial score (nSPS) is 13.4. The van der Waals surface area contributed by atoms with Gasteiger partial charge in [-0.05, 0) is 61.7 Å². The molecule has 1 N–H and O–H groups in total. The van der Waals surface area contributed by atoms with E-state index in [4.69, 9.17) is 42.4 Å². The van der Waals surface area contributed by atoms with Crippen molar-refractivity contribution in [3.05, 3.63) is 105 Å². The molecule has 10 heteroatoms. The summed E-state index contributed by atoms with van der Waals surface area (Å²) in [7, 11) is 0. The molecule has 1 saturated carbocycles. The SMILES string of the molecule is C/C(=N\OCc1cccc(C(=O)O)c1)c1ccc(OCc2c(-c3c(Cl)cccc3Cl)noc2C2CC2)cc1F. The van der Waals surface area contributed by atoms with Crippen molar-refractivity contribution in [3.8, 4) is 17.0 Å². The van der Waals surface area contributed by atoms with E-state index < -0.39 is 11.8 Å². The molecule has 39 heavy (non-hydrogen) atoms. The molecule has 0 unspecified atom stereocenters. The van der Waals surface area contributed by atoms with E-state index in [-0.39, 0.29) is 30.3 Å². The van der Waals surface area contributed by atoms with Gasteiger partial charge in [0.15, 0.2) is 0 Å². The third-order valence-electron chi connectivity index (χ3n) is 6.29. The first-order chi connectivity index (χ1) is 18.8. The van der Waals surface area contributed by atoms with E-state index in [0.29, 0.717) is 38.3 Å². The number of rotatable bonds is 10. The average molecular weight is 569 g/mol. The second kappa shape index (κ2) is 11.5. The molecule has 0 bridgehead atoms. The highest BCUT2D eigenvalue weighted by molar-refractivity contribution is 6.39. The summed E-state index contributed by atoms with van der Waals surface area (Å²) in [5.41, 5.74) is 3.16. The van der Waals surface area contributed by atoms with E-state index in [1.165, 1.54) is 18.2 Å². The van der Waals surface area contributed by atoms with Crippen LogP contribution in [0.4, 0.5) is 4.39 Å². The summed E-state index contributed by atoms with van der Waals surface area (Å²) in [4.78, 5) is 16.4. The number of aromatic nitrogens is 1. The first kappa shape index (κ1) is 26.7. The van der Waals surface area contributed by atoms with Gasteiger partial charge in [-0.25, -0.2) is 9.18 Å². The molecule has 1 fully saturated rings. The molecule has 0 radical (unpaired) electrons. The Kier molecular flexibility index (Phi) is 7.86. The molecular weight excluding hydrogens is 546 g/mol. The van der Waals surface area contributed by atoms with Crippen LogP contribution in [0.5, 0.6) is 5.75 Å². The summed E-state index contributed by atoms with van der Waals surface area (Å²) in [6.45, 7) is 1.75. The number of ether oxygens (including phenoxy) is 1. The standard InChI is InChI=1S/C29H23Cl2FN2O5/c1-16(33-38-14-17-4-2-5-19(12-17)29(35)36)21-11-10-20(13-25(21)32)37-15-22-27(34-39-28(22)18-8-9-18)26-23(30)6-3-7-24(26)31/h2-7,10-13,18H,8-9,14-15H2,1H3,(H,35,36)/b33-16+. The molecule has 1 aliphatic carbocycles. The van der Waals surface area contributed by atoms with Gasteiger partial charge in [0.25, 0.3) is 0 Å². The van der Waals surface area contributed by atoms with Crippen LogP contribution < -0.4 is 4.74 Å². The van der Waals surface area contributed by atoms with Gasteiger partial charge >= 0.3 is 5.97 Å². The first-order valence-corrected chi connectivity index (χ1v) is 12.9. The van der Waals surface area contributed by atoms with E-state index in [9.17, 15) is 9.18 Å². The second-order valence-electron chi connectivity index (χ2n) is 9.13. The number of benzene rings is 3. The van der Waals surface area contributed by atoms with Crippen LogP contribution in [0.15, 0.2) is 70.3 Å². The van der Waals surface area contributed by atoms with Gasteiger partial charge in [-0.1, -0.05) is 51.7 Å². The monoisotopic (exact) mass is 568 g/mol. The van der Waals surface area contributed by atoms with Crippen molar-refractivity contribution in [3.63, 3.8) is 0 Å². The van der Waals surface area contributed by atoms with Crippen molar-refractivity contribution in [2.24, 2.45) is 5.16 Å². The Bertz CT molecular complexity index is 1550. The molecule has 0 saturated heterocycles. The summed E-state index contributed by atoms with van der Waals surface area (Å²) < 4.78 is 26.6. The fourth-order valence-corrected chi connectivity index (χ4v) is 4.71. The molecule has 3 aromatic carbocycles. The van der Waals surface area contributed by atoms with Crippen molar-refractivity contribution in [1.82, 2.24) is 5.16 Å². The van der Waals surface area contributed by atoms with Crippen LogP contribution in [0.3, 0.4) is 0 Å². The second-order valence-corrected chi connectivity index (χ2v) is 9.95. The highest BCUT2D eigenvalue weighted by Gasteiger charge is 2.33. The van der Waals surface area contributed by atoms with Gasteiger partial charge in [-0.3, -0.25) is 0 Å². The lowest BCUT2D eigenvalue weighted by Gasteiger charge is -2.11. The summed E-state index contributed by atoms with van der Waals surface area (Å²) in [5, 5.41) is 18.2. The van der Waals surface area contributed by atoms with Gasteiger partial charge in [-0.15, -0.1) is 0 Å². The van der Waals surface area contributed by atoms with Crippen LogP contribution in [0, 0.1) is 5.82 Å². The zero-order valence-corrected chi connectivity index (χ0v) is 22.3. The fourth-order valence-electron chi connectivity index (χ4n) is 4.13. The van der Waals surface area contributed by atoms with Crippen LogP contribution in [0.2, 0.25) is 10.0 Å². The zero-order valence-electron chi connectivity index (χ0n) is 20.8. The molecule has 200 valence electrons. The third kappa shape index (κ3) is 6.08. The predicted molar refractivity (Wildman–Crippen MR) is 145 cm³/mol. The number of hydrogen-bond donors (Lipinski definition) is 1. The highest BCUT2D eigenvalue weighted by atomic mass is 35.5. The van der Waals surface area contributed by atoms with Crippen molar-refractivity contribution < 1.29 is 28.4 Å². The largest absolute Gasteiger partial charge is 0.489 e. The molecule has 1 heterocycles. The maximum absolute atomic E-state index is 15.0. The van der Waals surface area contributed by atoms with E-state index in [1.54, 1.807) is 49.4 Å². The van der Waals surface area contributed by atoms with Crippen LogP contribution in [0.25, 0.3) is 11.3 Å². The molecule has 1 aromatic heterocycles. The van der Waals surface area contributed by atoms with Gasteiger partial charge in [0, 0.05) is 23.1 Å². The van der Waals surface area contributed by atoms with Gasteiger partial charge in [0.05, 0.1) is 26.9 Å². The Balaban J connectivity index is 1.29. The molecule has 4 aromatic rings. The van der Waals surface area contributed by atoms with Crippen molar-refractivity contribution in [2.75, 3.05) is 0 Å². The predicted octanol–water partition coefficient (Wildman–Crippen LogP) is 7.88. The summed E-state index contributed by atoms with van der Waals surface area (Å²) in [5.74, 6) is -0.262. The number of halogens is 3. The van der Waals surface area contributed by atoms with Crippen LogP contribution in [0.1, 0.15) is 58.5 Å². The molecule has 0 spiro atoms. The number of carboxylic acids is 1. The van der Waals surface area contributed by atoms with Gasteiger partial charge in [-0.2, -0.15) is 0 Å². The molecule has 0 aliphatic heterocycles. The minimum atomic E-state index is -1.03. The lowest BCUT2D eigenvalue weighted by atomic mass is 10.0. The van der Waals surface area contributed by atoms with Crippen LogP contribution in [-0.4, -0.2) is 21.9 Å². The summed E-state index contributed by atoms with van der Waals surface area (Å²) in [6.07, 6.45) is 1.99. The van der Waals surface area contributed by atoms with E-state index in [2.05, 4.69) is 10.3 Å². The summed E-state index contributed by atoms with van der Waals surface area (Å²) >= 11 is 12.8. The Labute approximate surface area is 233 Å². The quantitative estimate of drug-likeness (QED) is 0.154. The van der Waals surface area contributed by atoms with Gasteiger partial charge in [0.2, 0.25) is 0 Å². The average Bonchev–Trinajstić information content (AvgIpc) is 3.67. The minimum Gasteiger partial charge on any atom is -0.489 e. The highest BCUT2D eigenvalue weighted by Crippen LogP contribution is 2.46. The Morgan fingerprint density at radius 2 is 1.85 bits per heavy atom. The number of aromatic carboxylic acids is 1. The van der Waals surface area contributed by atoms with Gasteiger partial charge < -0.3 is 19.2 Å². The van der Waals surface area contributed by atoms with Gasteiger partial charge in [0.1, 0.15) is 36.2 Å². The molecule has 0 atom stereocenters. The van der Waals surface area contributed by atoms with E-state index in [0.717, 1.165) is 24.2 Å². The fraction of sp³-hybridized carbons (Fsp3) is 0.207. The van der Waals surface area contributed by atoms with E-state index in [1.807, 2.05) is 0 Å². The summed E-state index contributed by atoms with van der Waals surface area (Å²) in [6, 6.07) is 16.0. The van der Waals surface area contributed by atoms with Crippen molar-refractivity contribution >= 4 is 34.9 Å². The maximum atomic E-state index is 15.0. The Hall–Kier alpha value is -3.88. The van der Waals surface area contributed by atoms with Crippen molar-refractivity contribution in [2.45, 2.75) is 38.9 Å². The Morgan fingerprint density at radius 3 is 2.54 bits per heavy atom. The lowest BCUT2D eigenvalue weighted by molar-refractivity contribution is 0.0696. The van der Waals surface area contributed by atoms with E-state index >= 15 is 0 Å². The molecule has 0 amide bonds. The number of oxime groups is 1. The first-order valence-electron chi connectivity index (χ1n) is 12.2. The number of nitrogens with zero attached hydrogens (tertiary/aromatic N) is 2. The Morgan fingerprint density at radius 1 is 1.10 bits per heavy atom. The minimum absolute atomic E-state index is 0.0428. The number of hydrogen-bond acceptors (Lipinski definition) is 6. The molecule has 1 aliphatic rings. The maximum Gasteiger partial charge on any atom is 0.335 e. The third-order valence-corrected chi connectivity index (χ3v) is 6.92. The zero-order chi connectivity index (χ0) is 27.5.